The van der Waals surface area contributed by atoms with Crippen molar-refractivity contribution in [1.82, 2.24) is 0 Å². The second kappa shape index (κ2) is 7.94. The Labute approximate surface area is 135 Å². The third kappa shape index (κ3) is 5.43. The van der Waals surface area contributed by atoms with Gasteiger partial charge in [-0.3, -0.25) is 4.79 Å². The van der Waals surface area contributed by atoms with Gasteiger partial charge in [0.1, 0.15) is 0 Å². The van der Waals surface area contributed by atoms with Crippen molar-refractivity contribution in [1.29, 1.82) is 0 Å². The molecule has 2 aromatic carbocycles. The van der Waals surface area contributed by atoms with Crippen LogP contribution in [-0.2, 0) is 14.3 Å². The number of benzene rings is 2. The zero-order valence-corrected chi connectivity index (χ0v) is 13.2. The van der Waals surface area contributed by atoms with Crippen LogP contribution < -0.4 is 5.32 Å². The molecule has 2 rings (SSSR count). The summed E-state index contributed by atoms with van der Waals surface area (Å²) < 4.78 is 4.93. The molecule has 0 aliphatic carbocycles. The Morgan fingerprint density at radius 3 is 2.61 bits per heavy atom. The summed E-state index contributed by atoms with van der Waals surface area (Å²) in [5.41, 5.74) is 3.73. The van der Waals surface area contributed by atoms with E-state index in [4.69, 9.17) is 4.74 Å². The van der Waals surface area contributed by atoms with Crippen LogP contribution in [0.1, 0.15) is 16.7 Å². The molecule has 0 bridgehead atoms. The summed E-state index contributed by atoms with van der Waals surface area (Å²) in [5.74, 6) is -0.916. The molecule has 0 spiro atoms. The minimum absolute atomic E-state index is 0.315. The summed E-state index contributed by atoms with van der Waals surface area (Å²) in [6, 6.07) is 15.1. The molecule has 4 heteroatoms. The standard InChI is InChI=1S/C19H19NO3/c1-14-6-5-9-17(12-14)20-18(21)13-23-19(22)11-10-16-8-4-3-7-15(16)2/h3-12H,13H2,1-2H3,(H,20,21)/b11-10+. The highest BCUT2D eigenvalue weighted by molar-refractivity contribution is 5.94. The third-order valence-corrected chi connectivity index (χ3v) is 3.23. The molecular formula is C19H19NO3. The average molecular weight is 309 g/mol. The van der Waals surface area contributed by atoms with Crippen LogP contribution >= 0.6 is 0 Å². The van der Waals surface area contributed by atoms with E-state index in [1.807, 2.05) is 56.3 Å². The van der Waals surface area contributed by atoms with Crippen molar-refractivity contribution in [2.45, 2.75) is 13.8 Å². The van der Waals surface area contributed by atoms with Crippen LogP contribution in [0.15, 0.2) is 54.6 Å². The Morgan fingerprint density at radius 2 is 1.87 bits per heavy atom. The topological polar surface area (TPSA) is 55.4 Å². The van der Waals surface area contributed by atoms with Crippen LogP contribution in [0.4, 0.5) is 5.69 Å². The highest BCUT2D eigenvalue weighted by atomic mass is 16.5. The quantitative estimate of drug-likeness (QED) is 0.679. The first-order chi connectivity index (χ1) is 11.0. The molecule has 4 nitrogen and oxygen atoms in total. The van der Waals surface area contributed by atoms with Crippen molar-refractivity contribution in [2.75, 3.05) is 11.9 Å². The Morgan fingerprint density at radius 1 is 1.09 bits per heavy atom. The molecule has 0 aliphatic heterocycles. The van der Waals surface area contributed by atoms with Gasteiger partial charge in [-0.15, -0.1) is 0 Å². The monoisotopic (exact) mass is 309 g/mol. The maximum Gasteiger partial charge on any atom is 0.331 e. The summed E-state index contributed by atoms with van der Waals surface area (Å²) in [7, 11) is 0. The van der Waals surface area contributed by atoms with Gasteiger partial charge in [0.05, 0.1) is 0 Å². The van der Waals surface area contributed by atoms with Gasteiger partial charge in [0, 0.05) is 11.8 Å². The zero-order valence-electron chi connectivity index (χ0n) is 13.2. The number of aryl methyl sites for hydroxylation is 2. The molecule has 2 aromatic rings. The number of hydrogen-bond donors (Lipinski definition) is 1. The van der Waals surface area contributed by atoms with Crippen LogP contribution in [0.5, 0.6) is 0 Å². The minimum atomic E-state index is -0.548. The van der Waals surface area contributed by atoms with E-state index in [0.717, 1.165) is 16.7 Å². The third-order valence-electron chi connectivity index (χ3n) is 3.23. The van der Waals surface area contributed by atoms with Crippen molar-refractivity contribution >= 4 is 23.6 Å². The summed E-state index contributed by atoms with van der Waals surface area (Å²) >= 11 is 0. The Kier molecular flexibility index (Phi) is 5.69. The van der Waals surface area contributed by atoms with Gasteiger partial charge < -0.3 is 10.1 Å². The van der Waals surface area contributed by atoms with Gasteiger partial charge in [0.15, 0.2) is 6.61 Å². The maximum atomic E-state index is 11.7. The minimum Gasteiger partial charge on any atom is -0.452 e. The number of carbonyl (C=O) groups excluding carboxylic acids is 2. The zero-order chi connectivity index (χ0) is 16.7. The van der Waals surface area contributed by atoms with Gasteiger partial charge in [-0.05, 0) is 48.7 Å². The van der Waals surface area contributed by atoms with Crippen LogP contribution in [0, 0.1) is 13.8 Å². The lowest BCUT2D eigenvalue weighted by molar-refractivity contribution is -0.142. The number of carbonyl (C=O) groups is 2. The lowest BCUT2D eigenvalue weighted by atomic mass is 10.1. The summed E-state index contributed by atoms with van der Waals surface area (Å²) in [6.45, 7) is 3.58. The molecule has 0 aliphatic rings. The molecule has 1 amide bonds. The van der Waals surface area contributed by atoms with Gasteiger partial charge in [-0.2, -0.15) is 0 Å². The number of amides is 1. The largest absolute Gasteiger partial charge is 0.452 e. The van der Waals surface area contributed by atoms with E-state index in [1.54, 1.807) is 12.1 Å². The van der Waals surface area contributed by atoms with Crippen LogP contribution in [-0.4, -0.2) is 18.5 Å². The number of anilines is 1. The van der Waals surface area contributed by atoms with E-state index < -0.39 is 5.97 Å². The fourth-order valence-corrected chi connectivity index (χ4v) is 2.04. The molecule has 1 N–H and O–H groups in total. The summed E-state index contributed by atoms with van der Waals surface area (Å²) in [5, 5.41) is 2.68. The van der Waals surface area contributed by atoms with Gasteiger partial charge in [-0.1, -0.05) is 36.4 Å². The second-order valence-electron chi connectivity index (χ2n) is 5.22. The second-order valence-corrected chi connectivity index (χ2v) is 5.22. The molecular weight excluding hydrogens is 290 g/mol. The molecule has 0 unspecified atom stereocenters. The number of ether oxygens (including phenoxy) is 1. The van der Waals surface area contributed by atoms with E-state index in [9.17, 15) is 9.59 Å². The Bertz CT molecular complexity index is 735. The van der Waals surface area contributed by atoms with E-state index >= 15 is 0 Å². The molecule has 0 radical (unpaired) electrons. The fraction of sp³-hybridized carbons (Fsp3) is 0.158. The highest BCUT2D eigenvalue weighted by Crippen LogP contribution is 2.10. The molecule has 0 atom stereocenters. The molecule has 23 heavy (non-hydrogen) atoms. The Hall–Kier alpha value is -2.88. The molecule has 0 heterocycles. The van der Waals surface area contributed by atoms with E-state index in [0.29, 0.717) is 5.69 Å². The Balaban J connectivity index is 1.82. The van der Waals surface area contributed by atoms with Crippen molar-refractivity contribution in [2.24, 2.45) is 0 Å². The lowest BCUT2D eigenvalue weighted by Crippen LogP contribution is -2.20. The SMILES string of the molecule is Cc1cccc(NC(=O)COC(=O)/C=C/c2ccccc2C)c1. The van der Waals surface area contributed by atoms with Crippen LogP contribution in [0.2, 0.25) is 0 Å². The predicted molar refractivity (Wildman–Crippen MR) is 91.0 cm³/mol. The number of rotatable bonds is 5. The van der Waals surface area contributed by atoms with E-state index in [-0.39, 0.29) is 12.5 Å². The van der Waals surface area contributed by atoms with Crippen molar-refractivity contribution in [3.05, 3.63) is 71.3 Å². The highest BCUT2D eigenvalue weighted by Gasteiger charge is 2.06. The molecule has 0 fully saturated rings. The predicted octanol–water partition coefficient (Wildman–Crippen LogP) is 3.50. The van der Waals surface area contributed by atoms with Crippen molar-refractivity contribution in [3.8, 4) is 0 Å². The van der Waals surface area contributed by atoms with E-state index in [2.05, 4.69) is 5.32 Å². The lowest BCUT2D eigenvalue weighted by Gasteiger charge is -2.06. The van der Waals surface area contributed by atoms with Gasteiger partial charge in [0.2, 0.25) is 0 Å². The molecule has 0 aromatic heterocycles. The normalized spacial score (nSPS) is 10.5. The summed E-state index contributed by atoms with van der Waals surface area (Å²) in [4.78, 5) is 23.4. The summed E-state index contributed by atoms with van der Waals surface area (Å²) in [6.07, 6.45) is 3.00. The van der Waals surface area contributed by atoms with Crippen LogP contribution in [0.3, 0.4) is 0 Å². The first kappa shape index (κ1) is 16.5. The smallest absolute Gasteiger partial charge is 0.331 e. The number of nitrogens with one attached hydrogen (secondary N) is 1. The molecule has 0 saturated carbocycles. The maximum absolute atomic E-state index is 11.7. The van der Waals surface area contributed by atoms with Crippen molar-refractivity contribution in [3.63, 3.8) is 0 Å². The van der Waals surface area contributed by atoms with E-state index in [1.165, 1.54) is 6.08 Å². The van der Waals surface area contributed by atoms with Gasteiger partial charge in [0.25, 0.3) is 5.91 Å². The average Bonchev–Trinajstić information content (AvgIpc) is 2.52. The van der Waals surface area contributed by atoms with Crippen LogP contribution in [0.25, 0.3) is 6.08 Å². The fourth-order valence-electron chi connectivity index (χ4n) is 2.04. The van der Waals surface area contributed by atoms with Crippen molar-refractivity contribution < 1.29 is 14.3 Å². The molecule has 0 saturated heterocycles. The van der Waals surface area contributed by atoms with Gasteiger partial charge >= 0.3 is 5.97 Å². The van der Waals surface area contributed by atoms with Gasteiger partial charge in [-0.25, -0.2) is 4.79 Å². The number of hydrogen-bond acceptors (Lipinski definition) is 3. The first-order valence-corrected chi connectivity index (χ1v) is 7.31. The number of esters is 1. The molecule has 118 valence electrons. The first-order valence-electron chi connectivity index (χ1n) is 7.31.